The molecule has 7 heteroatoms. The van der Waals surface area contributed by atoms with Crippen LogP contribution in [0.2, 0.25) is 0 Å². The lowest BCUT2D eigenvalue weighted by Crippen LogP contribution is -2.21. The molecule has 1 amide bonds. The van der Waals surface area contributed by atoms with E-state index >= 15 is 0 Å². The highest BCUT2D eigenvalue weighted by molar-refractivity contribution is 9.10. The van der Waals surface area contributed by atoms with E-state index in [1.54, 1.807) is 30.3 Å². The molecule has 0 radical (unpaired) electrons. The van der Waals surface area contributed by atoms with Gasteiger partial charge in [0, 0.05) is 21.6 Å². The Labute approximate surface area is 138 Å². The fourth-order valence-corrected chi connectivity index (χ4v) is 2.34. The number of phenolic OH excluding ortho intramolecular Hbond substituents is 1. The lowest BCUT2D eigenvalue weighted by atomic mass is 10.1. The molecular weight excluding hydrogens is 364 g/mol. The molecule has 0 saturated carbocycles. The molecule has 2 aromatic carbocycles. The van der Waals surface area contributed by atoms with Gasteiger partial charge in [-0.15, -0.1) is 0 Å². The van der Waals surface area contributed by atoms with Gasteiger partial charge in [-0.25, -0.2) is 0 Å². The van der Waals surface area contributed by atoms with Gasteiger partial charge < -0.3 is 20.0 Å². The van der Waals surface area contributed by atoms with E-state index in [0.717, 1.165) is 4.47 Å². The minimum absolute atomic E-state index is 0.0113. The molecule has 0 aliphatic carbocycles. The van der Waals surface area contributed by atoms with Crippen molar-refractivity contribution < 1.29 is 19.5 Å². The number of nitrogens with one attached hydrogen (secondary N) is 1. The highest BCUT2D eigenvalue weighted by atomic mass is 79.9. The maximum absolute atomic E-state index is 12.4. The molecule has 0 atom stereocenters. The smallest absolute Gasteiger partial charge is 0.268 e. The fraction of sp³-hybridized carbons (Fsp3) is 0. The topological polar surface area (TPSA) is 95.1 Å². The first-order chi connectivity index (χ1) is 11.1. The highest BCUT2D eigenvalue weighted by Crippen LogP contribution is 2.20. The van der Waals surface area contributed by atoms with Gasteiger partial charge in [-0.1, -0.05) is 15.9 Å². The van der Waals surface area contributed by atoms with Crippen LogP contribution in [0.1, 0.15) is 10.4 Å². The van der Waals surface area contributed by atoms with Crippen molar-refractivity contribution in [1.82, 2.24) is 0 Å². The molecule has 3 rings (SSSR count). The van der Waals surface area contributed by atoms with Crippen LogP contribution in [0.5, 0.6) is 5.75 Å². The number of nitrogens with zero attached hydrogens (tertiary/aromatic N) is 1. The van der Waals surface area contributed by atoms with E-state index in [2.05, 4.69) is 26.4 Å². The summed E-state index contributed by atoms with van der Waals surface area (Å²) in [5, 5.41) is 24.8. The average molecular weight is 375 g/mol. The van der Waals surface area contributed by atoms with Crippen molar-refractivity contribution in [3.05, 3.63) is 64.1 Å². The molecule has 1 heterocycles. The maximum Gasteiger partial charge on any atom is 0.268 e. The summed E-state index contributed by atoms with van der Waals surface area (Å²) in [5.41, 5.74) is 0.734. The van der Waals surface area contributed by atoms with Crippen molar-refractivity contribution in [2.75, 3.05) is 5.32 Å². The van der Waals surface area contributed by atoms with Crippen molar-refractivity contribution in [3.63, 3.8) is 0 Å². The largest absolute Gasteiger partial charge is 0.508 e. The van der Waals surface area contributed by atoms with Crippen molar-refractivity contribution in [2.45, 2.75) is 0 Å². The van der Waals surface area contributed by atoms with Crippen LogP contribution in [0.25, 0.3) is 11.0 Å². The molecule has 0 saturated heterocycles. The molecule has 3 N–H and O–H groups in total. The maximum atomic E-state index is 12.4. The van der Waals surface area contributed by atoms with E-state index < -0.39 is 5.91 Å². The fourth-order valence-electron chi connectivity index (χ4n) is 2.08. The number of carbonyl (C=O) groups excluding carboxylic acids is 1. The van der Waals surface area contributed by atoms with Gasteiger partial charge in [0.25, 0.3) is 11.5 Å². The van der Waals surface area contributed by atoms with E-state index in [9.17, 15) is 9.90 Å². The van der Waals surface area contributed by atoms with Crippen LogP contribution in [-0.4, -0.2) is 16.2 Å². The predicted octanol–water partition coefficient (Wildman–Crippen LogP) is 3.44. The van der Waals surface area contributed by atoms with Gasteiger partial charge in [0.05, 0.1) is 0 Å². The third-order valence-corrected chi connectivity index (χ3v) is 3.70. The summed E-state index contributed by atoms with van der Waals surface area (Å²) in [5.74, 6) is -0.462. The summed E-state index contributed by atoms with van der Waals surface area (Å²) in [6.45, 7) is 0. The third-order valence-electron chi connectivity index (χ3n) is 3.17. The Morgan fingerprint density at radius 1 is 1.13 bits per heavy atom. The summed E-state index contributed by atoms with van der Waals surface area (Å²) in [4.78, 5) is 12.4. The predicted molar refractivity (Wildman–Crippen MR) is 87.3 cm³/mol. The SMILES string of the molecule is O=C(Nc1ccc(Br)cc1)c1cc2ccc(O)cc2o/c1=N\O. The molecule has 23 heavy (non-hydrogen) atoms. The number of hydrogen-bond acceptors (Lipinski definition) is 5. The summed E-state index contributed by atoms with van der Waals surface area (Å²) in [6, 6.07) is 13.0. The normalized spacial score (nSPS) is 11.6. The third kappa shape index (κ3) is 3.19. The van der Waals surface area contributed by atoms with Gasteiger partial charge in [-0.05, 0) is 47.6 Å². The average Bonchev–Trinajstić information content (AvgIpc) is 2.55. The zero-order valence-corrected chi connectivity index (χ0v) is 13.2. The van der Waals surface area contributed by atoms with Crippen LogP contribution in [0.3, 0.4) is 0 Å². The summed E-state index contributed by atoms with van der Waals surface area (Å²) < 4.78 is 6.25. The molecule has 116 valence electrons. The Hall–Kier alpha value is -2.80. The zero-order valence-electron chi connectivity index (χ0n) is 11.7. The van der Waals surface area contributed by atoms with Crippen LogP contribution in [0, 0.1) is 0 Å². The quantitative estimate of drug-likeness (QED) is 0.472. The Kier molecular flexibility index (Phi) is 4.03. The van der Waals surface area contributed by atoms with E-state index in [0.29, 0.717) is 16.7 Å². The molecular formula is C16H11BrN2O4. The Bertz CT molecular complexity index is 948. The van der Waals surface area contributed by atoms with Crippen LogP contribution in [-0.2, 0) is 0 Å². The number of anilines is 1. The number of benzene rings is 2. The van der Waals surface area contributed by atoms with E-state index in [1.165, 1.54) is 18.2 Å². The lowest BCUT2D eigenvalue weighted by molar-refractivity contribution is 0.102. The monoisotopic (exact) mass is 374 g/mol. The first-order valence-corrected chi connectivity index (χ1v) is 7.38. The second-order valence-corrected chi connectivity index (χ2v) is 5.66. The Morgan fingerprint density at radius 3 is 2.57 bits per heavy atom. The van der Waals surface area contributed by atoms with Gasteiger partial charge >= 0.3 is 0 Å². The summed E-state index contributed by atoms with van der Waals surface area (Å²) in [7, 11) is 0. The minimum atomic E-state index is -0.473. The standard InChI is InChI=1S/C16H11BrN2O4/c17-10-2-4-11(5-3-10)18-15(21)13-7-9-1-6-12(20)8-14(9)23-16(13)19-22/h1-8,20,22H,(H,18,21)/b19-16-. The first-order valence-electron chi connectivity index (χ1n) is 6.59. The van der Waals surface area contributed by atoms with Gasteiger partial charge in [0.1, 0.15) is 16.9 Å². The van der Waals surface area contributed by atoms with Crippen molar-refractivity contribution in [3.8, 4) is 5.75 Å². The molecule has 0 fully saturated rings. The summed E-state index contributed by atoms with van der Waals surface area (Å²) in [6.07, 6.45) is 0. The molecule has 3 aromatic rings. The van der Waals surface area contributed by atoms with E-state index in [-0.39, 0.29) is 16.9 Å². The molecule has 6 nitrogen and oxygen atoms in total. The molecule has 1 aromatic heterocycles. The number of amides is 1. The number of carbonyl (C=O) groups is 1. The van der Waals surface area contributed by atoms with Crippen LogP contribution in [0.4, 0.5) is 5.69 Å². The number of fused-ring (bicyclic) bond motifs is 1. The van der Waals surface area contributed by atoms with E-state index in [4.69, 9.17) is 9.62 Å². The van der Waals surface area contributed by atoms with Crippen molar-refractivity contribution in [1.29, 1.82) is 0 Å². The lowest BCUT2D eigenvalue weighted by Gasteiger charge is -2.06. The van der Waals surface area contributed by atoms with Crippen molar-refractivity contribution in [2.24, 2.45) is 5.16 Å². The number of rotatable bonds is 2. The minimum Gasteiger partial charge on any atom is -0.508 e. The van der Waals surface area contributed by atoms with Gasteiger partial charge in [-0.3, -0.25) is 4.79 Å². The number of halogens is 1. The van der Waals surface area contributed by atoms with Crippen LogP contribution >= 0.6 is 15.9 Å². The number of aromatic hydroxyl groups is 1. The molecule has 0 aliphatic rings. The summed E-state index contributed by atoms with van der Waals surface area (Å²) >= 11 is 3.32. The number of hydrogen-bond donors (Lipinski definition) is 3. The Morgan fingerprint density at radius 2 is 1.87 bits per heavy atom. The van der Waals surface area contributed by atoms with Gasteiger partial charge in [0.2, 0.25) is 0 Å². The highest BCUT2D eigenvalue weighted by Gasteiger charge is 2.13. The van der Waals surface area contributed by atoms with Crippen LogP contribution < -0.4 is 10.9 Å². The second kappa shape index (κ2) is 6.13. The Balaban J connectivity index is 2.02. The van der Waals surface area contributed by atoms with Gasteiger partial charge in [-0.2, -0.15) is 0 Å². The molecule has 0 spiro atoms. The molecule has 0 bridgehead atoms. The van der Waals surface area contributed by atoms with E-state index in [1.807, 2.05) is 0 Å². The first kappa shape index (κ1) is 15.1. The molecule has 0 unspecified atom stereocenters. The van der Waals surface area contributed by atoms with Crippen LogP contribution in [0.15, 0.2) is 62.6 Å². The molecule has 0 aliphatic heterocycles. The second-order valence-electron chi connectivity index (χ2n) is 4.75. The zero-order chi connectivity index (χ0) is 16.4. The van der Waals surface area contributed by atoms with Crippen molar-refractivity contribution >= 4 is 38.5 Å². The number of phenols is 1. The van der Waals surface area contributed by atoms with Gasteiger partial charge in [0.15, 0.2) is 0 Å².